The van der Waals surface area contributed by atoms with Crippen molar-refractivity contribution in [2.24, 2.45) is 5.41 Å². The molecule has 0 aliphatic carbocycles. The van der Waals surface area contributed by atoms with Crippen molar-refractivity contribution in [2.45, 2.75) is 40.5 Å². The molecule has 6 heteroatoms. The summed E-state index contributed by atoms with van der Waals surface area (Å²) in [7, 11) is 0. The summed E-state index contributed by atoms with van der Waals surface area (Å²) in [6.07, 6.45) is 0. The van der Waals surface area contributed by atoms with Gasteiger partial charge in [0.1, 0.15) is 13.2 Å². The molecule has 0 saturated heterocycles. The van der Waals surface area contributed by atoms with Gasteiger partial charge in [0.05, 0.1) is 25.4 Å². The number of rotatable bonds is 6. The number of ether oxygens (including phenoxy) is 2. The summed E-state index contributed by atoms with van der Waals surface area (Å²) in [6.45, 7) is 9.32. The summed E-state index contributed by atoms with van der Waals surface area (Å²) in [4.78, 5) is 14.2. The van der Waals surface area contributed by atoms with Crippen LogP contribution in [0.2, 0.25) is 0 Å². The van der Waals surface area contributed by atoms with Gasteiger partial charge < -0.3 is 14.4 Å². The van der Waals surface area contributed by atoms with Crippen molar-refractivity contribution in [3.63, 3.8) is 0 Å². The number of nitrogens with zero attached hydrogens (tertiary/aromatic N) is 3. The Bertz CT molecular complexity index is 735. The van der Waals surface area contributed by atoms with Crippen molar-refractivity contribution in [2.75, 3.05) is 19.8 Å². The number of carbonyl (C=O) groups excluding carboxylic acids is 1. The molecule has 2 heterocycles. The Hall–Kier alpha value is -2.34. The second kappa shape index (κ2) is 7.91. The lowest BCUT2D eigenvalue weighted by atomic mass is 9.99. The molecule has 1 aromatic heterocycles. The number of fused-ring (bicyclic) bond motifs is 1. The molecule has 140 valence electrons. The highest BCUT2D eigenvalue weighted by atomic mass is 16.5. The number of benzene rings is 1. The van der Waals surface area contributed by atoms with E-state index in [0.29, 0.717) is 38.7 Å². The molecule has 26 heavy (non-hydrogen) atoms. The zero-order valence-corrected chi connectivity index (χ0v) is 15.8. The van der Waals surface area contributed by atoms with Crippen LogP contribution >= 0.6 is 0 Å². The van der Waals surface area contributed by atoms with Gasteiger partial charge in [-0.3, -0.25) is 9.48 Å². The maximum absolute atomic E-state index is 12.4. The van der Waals surface area contributed by atoms with Crippen LogP contribution in [-0.2, 0) is 29.2 Å². The number of aromatic nitrogens is 2. The zero-order valence-electron chi connectivity index (χ0n) is 15.8. The van der Waals surface area contributed by atoms with E-state index >= 15 is 0 Å². The van der Waals surface area contributed by atoms with Crippen LogP contribution in [0.3, 0.4) is 0 Å². The van der Waals surface area contributed by atoms with Crippen LogP contribution < -0.4 is 4.74 Å². The van der Waals surface area contributed by atoms with Gasteiger partial charge in [0.15, 0.2) is 0 Å². The molecular formula is C20H27N3O3. The first-order chi connectivity index (χ1) is 12.4. The smallest absolute Gasteiger partial charge is 0.248 e. The van der Waals surface area contributed by atoms with E-state index in [9.17, 15) is 4.79 Å². The van der Waals surface area contributed by atoms with Gasteiger partial charge >= 0.3 is 0 Å². The molecule has 0 N–H and O–H groups in total. The Morgan fingerprint density at radius 3 is 2.69 bits per heavy atom. The van der Waals surface area contributed by atoms with Gasteiger partial charge in [-0.25, -0.2) is 0 Å². The quantitative estimate of drug-likeness (QED) is 0.798. The van der Waals surface area contributed by atoms with Crippen LogP contribution in [0.15, 0.2) is 36.4 Å². The van der Waals surface area contributed by atoms with Gasteiger partial charge in [0.25, 0.3) is 0 Å². The van der Waals surface area contributed by atoms with Crippen molar-refractivity contribution < 1.29 is 14.3 Å². The Morgan fingerprint density at radius 1 is 1.19 bits per heavy atom. The summed E-state index contributed by atoms with van der Waals surface area (Å²) < 4.78 is 13.3. The van der Waals surface area contributed by atoms with Crippen LogP contribution in [0, 0.1) is 5.41 Å². The zero-order chi connectivity index (χ0) is 18.6. The fraction of sp³-hybridized carbons (Fsp3) is 0.500. The van der Waals surface area contributed by atoms with Crippen molar-refractivity contribution in [3.05, 3.63) is 47.7 Å². The Labute approximate surface area is 154 Å². The van der Waals surface area contributed by atoms with Crippen LogP contribution in [0.5, 0.6) is 5.88 Å². The molecule has 3 rings (SSSR count). The number of hydrogen-bond donors (Lipinski definition) is 0. The summed E-state index contributed by atoms with van der Waals surface area (Å²) in [5.41, 5.74) is 2.15. The molecule has 1 aromatic carbocycles. The summed E-state index contributed by atoms with van der Waals surface area (Å²) in [5.74, 6) is 0.621. The van der Waals surface area contributed by atoms with E-state index in [0.717, 1.165) is 11.3 Å². The van der Waals surface area contributed by atoms with Crippen LogP contribution in [0.4, 0.5) is 0 Å². The normalized spacial score (nSPS) is 14.2. The van der Waals surface area contributed by atoms with E-state index in [2.05, 4.69) is 25.9 Å². The van der Waals surface area contributed by atoms with Crippen molar-refractivity contribution in [3.8, 4) is 5.88 Å². The minimum absolute atomic E-state index is 0.0217. The minimum Gasteiger partial charge on any atom is -0.472 e. The molecule has 0 radical (unpaired) electrons. The van der Waals surface area contributed by atoms with Crippen molar-refractivity contribution in [1.82, 2.24) is 14.7 Å². The second-order valence-corrected chi connectivity index (χ2v) is 7.84. The highest BCUT2D eigenvalue weighted by Gasteiger charge is 2.23. The summed E-state index contributed by atoms with van der Waals surface area (Å²) >= 11 is 0. The van der Waals surface area contributed by atoms with Gasteiger partial charge in [-0.05, 0) is 11.0 Å². The first kappa shape index (κ1) is 18.5. The summed E-state index contributed by atoms with van der Waals surface area (Å²) in [6, 6.07) is 11.9. The molecule has 1 aliphatic heterocycles. The van der Waals surface area contributed by atoms with Crippen LogP contribution in [-0.4, -0.2) is 40.3 Å². The lowest BCUT2D eigenvalue weighted by molar-refractivity contribution is -0.138. The third-order valence-corrected chi connectivity index (χ3v) is 4.12. The molecule has 6 nitrogen and oxygen atoms in total. The Kier molecular flexibility index (Phi) is 5.61. The molecule has 1 aliphatic rings. The molecule has 1 amide bonds. The molecule has 0 unspecified atom stereocenters. The fourth-order valence-corrected chi connectivity index (χ4v) is 2.79. The highest BCUT2D eigenvalue weighted by molar-refractivity contribution is 5.77. The fourth-order valence-electron chi connectivity index (χ4n) is 2.79. The molecule has 0 saturated carbocycles. The van der Waals surface area contributed by atoms with Crippen LogP contribution in [0.25, 0.3) is 0 Å². The predicted octanol–water partition coefficient (Wildman–Crippen LogP) is 2.87. The van der Waals surface area contributed by atoms with Gasteiger partial charge in [0, 0.05) is 12.6 Å². The SMILES string of the molecule is CC(C)(C)COCC(=O)N1CCn2nc(OCc3ccccc3)cc2C1. The first-order valence-electron chi connectivity index (χ1n) is 9.00. The van der Waals surface area contributed by atoms with Gasteiger partial charge in [0.2, 0.25) is 11.8 Å². The van der Waals surface area contributed by atoms with Crippen molar-refractivity contribution in [1.29, 1.82) is 0 Å². The Morgan fingerprint density at radius 2 is 1.96 bits per heavy atom. The van der Waals surface area contributed by atoms with Crippen LogP contribution in [0.1, 0.15) is 32.0 Å². The topological polar surface area (TPSA) is 56.6 Å². The predicted molar refractivity (Wildman–Crippen MR) is 98.7 cm³/mol. The van der Waals surface area contributed by atoms with E-state index in [1.807, 2.05) is 46.0 Å². The van der Waals surface area contributed by atoms with Gasteiger partial charge in [-0.1, -0.05) is 51.1 Å². The second-order valence-electron chi connectivity index (χ2n) is 7.84. The minimum atomic E-state index is 0.0217. The van der Waals surface area contributed by atoms with E-state index in [1.165, 1.54) is 0 Å². The van der Waals surface area contributed by atoms with Gasteiger partial charge in [-0.15, -0.1) is 5.10 Å². The molecule has 0 atom stereocenters. The summed E-state index contributed by atoms with van der Waals surface area (Å²) in [5, 5.41) is 4.48. The number of carbonyl (C=O) groups is 1. The highest BCUT2D eigenvalue weighted by Crippen LogP contribution is 2.19. The van der Waals surface area contributed by atoms with E-state index in [-0.39, 0.29) is 17.9 Å². The molecule has 0 bridgehead atoms. The maximum atomic E-state index is 12.4. The van der Waals surface area contributed by atoms with E-state index < -0.39 is 0 Å². The third-order valence-electron chi connectivity index (χ3n) is 4.12. The lowest BCUT2D eigenvalue weighted by Gasteiger charge is -2.28. The standard InChI is InChI=1S/C20H27N3O3/c1-20(2,3)15-25-14-19(24)22-9-10-23-17(12-22)11-18(21-23)26-13-16-7-5-4-6-8-16/h4-8,11H,9-10,12-15H2,1-3H3. The van der Waals surface area contributed by atoms with E-state index in [1.54, 1.807) is 0 Å². The molecular weight excluding hydrogens is 330 g/mol. The average molecular weight is 357 g/mol. The first-order valence-corrected chi connectivity index (χ1v) is 9.00. The molecule has 2 aromatic rings. The Balaban J connectivity index is 1.52. The molecule has 0 fully saturated rings. The van der Waals surface area contributed by atoms with Crippen molar-refractivity contribution >= 4 is 5.91 Å². The number of hydrogen-bond acceptors (Lipinski definition) is 4. The largest absolute Gasteiger partial charge is 0.472 e. The van der Waals surface area contributed by atoms with E-state index in [4.69, 9.17) is 9.47 Å². The monoisotopic (exact) mass is 357 g/mol. The average Bonchev–Trinajstić information content (AvgIpc) is 3.01. The third kappa shape index (κ3) is 5.08. The lowest BCUT2D eigenvalue weighted by Crippen LogP contribution is -2.40. The molecule has 0 spiro atoms. The number of amides is 1. The van der Waals surface area contributed by atoms with Gasteiger partial charge in [-0.2, -0.15) is 0 Å². The maximum Gasteiger partial charge on any atom is 0.248 e.